The highest BCUT2D eigenvalue weighted by molar-refractivity contribution is 7.59. The second kappa shape index (κ2) is 26.2. The fourth-order valence-electron chi connectivity index (χ4n) is 14.7. The summed E-state index contributed by atoms with van der Waals surface area (Å²) in [4.78, 5) is 50.4. The van der Waals surface area contributed by atoms with Gasteiger partial charge in [-0.2, -0.15) is 27.0 Å². The molecule has 0 radical (unpaired) electrons. The number of likely N-dealkylation sites (tertiary alicyclic amines) is 2. The molecule has 2 N–H and O–H groups in total. The summed E-state index contributed by atoms with van der Waals surface area (Å²) in [6.45, 7) is 20.6. The molecule has 5 fully saturated rings. The minimum atomic E-state index is -0.597. The standard InChI is InChI=1S/C41H46BFN4O5S.C35H34ClFN4O3S.2H2S/c1-39(2,3)50-38(48)46-17-9-12-30(46)36-44-22-28(45-36)24-19-27(43)35-31-20-25-18-26(42-51-40(4,5)41(6,7)52-42)13-14-29(25)47(31)37(49-32(35)21-24)34-16-15-33(53-34)23-10-8-11-23;1-35(2,3)44-34(42)40-13-5-8-26(40)32-38-18-24(39-32)20-15-23(37)31-27-16-21-14-22(36)9-10-25(21)41(27)33(43-28(31)17-20)30-12-11-29(45-30)19-6-4-7-19;;/h13-16,18-23,30,37H,8-12,17H2,1-7H3,(H,44,45);9-12,14-19,26,33H,4-8,13H2,1-3H3,(H,38,39);2*1H2/t30-,37?;26-,33?;;/m00../s1. The Morgan fingerprint density at radius 2 is 1.00 bits per heavy atom. The highest BCUT2D eigenvalue weighted by atomic mass is 35.5. The summed E-state index contributed by atoms with van der Waals surface area (Å²) in [5.41, 5.74) is 5.59. The molecule has 0 bridgehead atoms. The van der Waals surface area contributed by atoms with Crippen molar-refractivity contribution >= 4 is 108 Å². The zero-order valence-electron chi connectivity index (χ0n) is 57.8. The molecule has 3 saturated heterocycles. The molecule has 5 aliphatic heterocycles. The minimum Gasteiger partial charge on any atom is -0.464 e. The van der Waals surface area contributed by atoms with Gasteiger partial charge < -0.3 is 38.2 Å². The number of halogens is 3. The third kappa shape index (κ3) is 12.7. The number of imidazole rings is 2. The van der Waals surface area contributed by atoms with Gasteiger partial charge in [0.2, 0.25) is 12.5 Å². The maximum Gasteiger partial charge on any atom is 0.494 e. The quantitative estimate of drug-likeness (QED) is 0.133. The van der Waals surface area contributed by atoms with Gasteiger partial charge >= 0.3 is 19.3 Å². The molecule has 2 aliphatic carbocycles. The molecule has 100 heavy (non-hydrogen) atoms. The van der Waals surface area contributed by atoms with Crippen LogP contribution < -0.4 is 14.9 Å². The van der Waals surface area contributed by atoms with E-state index in [4.69, 9.17) is 39.9 Å². The number of fused-ring (bicyclic) bond motifs is 10. The number of ether oxygens (including phenoxy) is 4. The molecule has 2 saturated carbocycles. The number of nitrogens with one attached hydrogen (secondary N) is 2. The fourth-order valence-corrected chi connectivity index (χ4v) is 17.2. The molecule has 524 valence electrons. The first-order valence-corrected chi connectivity index (χ1v) is 36.4. The fraction of sp³-hybridized carbons (Fsp3) is 0.421. The summed E-state index contributed by atoms with van der Waals surface area (Å²) in [6.07, 6.45) is 12.4. The predicted molar refractivity (Wildman–Crippen MR) is 401 cm³/mol. The second-order valence-electron chi connectivity index (χ2n) is 30.3. The van der Waals surface area contributed by atoms with Gasteiger partial charge in [-0.15, -0.1) is 22.7 Å². The third-order valence-corrected chi connectivity index (χ3v) is 23.6. The zero-order chi connectivity index (χ0) is 68.1. The molecule has 7 aliphatic rings. The Morgan fingerprint density at radius 1 is 0.570 bits per heavy atom. The van der Waals surface area contributed by atoms with Crippen LogP contribution in [-0.4, -0.2) is 93.7 Å². The number of H-pyrrole nitrogens is 2. The molecule has 17 rings (SSSR count). The predicted octanol–water partition coefficient (Wildman–Crippen LogP) is 19.5. The van der Waals surface area contributed by atoms with E-state index in [2.05, 4.69) is 99.2 Å². The van der Waals surface area contributed by atoms with Crippen molar-refractivity contribution in [2.75, 3.05) is 13.1 Å². The van der Waals surface area contributed by atoms with Crippen LogP contribution in [0.1, 0.15) is 201 Å². The number of hydrogen-bond donors (Lipinski definition) is 2. The average Bonchev–Trinajstić information content (AvgIpc) is 1.61. The normalized spacial score (nSPS) is 20.6. The Morgan fingerprint density at radius 3 is 1.43 bits per heavy atom. The van der Waals surface area contributed by atoms with E-state index < -0.39 is 42.0 Å². The van der Waals surface area contributed by atoms with Crippen molar-refractivity contribution in [2.45, 2.75) is 192 Å². The summed E-state index contributed by atoms with van der Waals surface area (Å²) in [6, 6.07) is 31.2. The Kier molecular flexibility index (Phi) is 18.3. The number of carbonyl (C=O) groups excluding carboxylic acids is 2. The number of aromatic amines is 2. The van der Waals surface area contributed by atoms with E-state index in [0.29, 0.717) is 86.7 Å². The van der Waals surface area contributed by atoms with Crippen molar-refractivity contribution in [3.8, 4) is 56.5 Å². The number of aromatic nitrogens is 6. The van der Waals surface area contributed by atoms with Crippen molar-refractivity contribution in [1.82, 2.24) is 38.9 Å². The van der Waals surface area contributed by atoms with Crippen LogP contribution in [0.15, 0.2) is 109 Å². The van der Waals surface area contributed by atoms with Crippen molar-refractivity contribution < 1.29 is 46.6 Å². The topological polar surface area (TPSA) is 163 Å². The van der Waals surface area contributed by atoms with Gasteiger partial charge in [-0.1, -0.05) is 36.6 Å². The van der Waals surface area contributed by atoms with E-state index in [1.54, 1.807) is 44.9 Å². The zero-order valence-corrected chi connectivity index (χ0v) is 62.2. The molecule has 0 spiro atoms. The van der Waals surface area contributed by atoms with Gasteiger partial charge in [-0.25, -0.2) is 28.3 Å². The Labute approximate surface area is 608 Å². The molecule has 24 heteroatoms. The lowest BCUT2D eigenvalue weighted by atomic mass is 9.78. The minimum absolute atomic E-state index is 0. The molecule has 4 atom stereocenters. The first-order valence-electron chi connectivity index (χ1n) is 34.4. The van der Waals surface area contributed by atoms with Gasteiger partial charge in [0.1, 0.15) is 46.0 Å². The molecular formula is C76H84BClF2N8O8S4. The third-order valence-electron chi connectivity index (χ3n) is 20.8. The monoisotopic (exact) mass is 1450 g/mol. The average molecular weight is 1450 g/mol. The highest BCUT2D eigenvalue weighted by Crippen LogP contribution is 2.53. The van der Waals surface area contributed by atoms with Crippen molar-refractivity contribution in [3.05, 3.63) is 157 Å². The Bertz CT molecular complexity index is 4790. The molecule has 2 amide bonds. The van der Waals surface area contributed by atoms with E-state index in [9.17, 15) is 9.59 Å². The van der Waals surface area contributed by atoms with Gasteiger partial charge in [0.05, 0.1) is 90.4 Å². The summed E-state index contributed by atoms with van der Waals surface area (Å²) in [5.74, 6) is 2.69. The number of rotatable bonds is 9. The summed E-state index contributed by atoms with van der Waals surface area (Å²) in [5, 5.41) is 2.52. The van der Waals surface area contributed by atoms with E-state index in [0.717, 1.165) is 74.1 Å². The van der Waals surface area contributed by atoms with Crippen LogP contribution in [0.4, 0.5) is 18.4 Å². The SMILES string of the molecule is CC(C)(C)OC(=O)N1CCC[C@H]1c1ncc(-c2cc(F)c3c(c2)OC(c2ccc(C4CCC4)s2)n2c-3cc3cc(B4OC(C)(C)C(C)(C)O4)ccc32)[nH]1.CC(C)(C)OC(=O)N1CCC[C@H]1c1ncc(-c2cc(F)c3c(c2)OC(c2ccc(C4CCC4)s2)n2c-3cc3cc(Cl)ccc32)[nH]1.S.S. The summed E-state index contributed by atoms with van der Waals surface area (Å²) in [7, 11) is -0.512. The largest absolute Gasteiger partial charge is 0.494 e. The lowest BCUT2D eigenvalue weighted by Crippen LogP contribution is -2.41. The van der Waals surface area contributed by atoms with E-state index in [1.165, 1.54) is 60.4 Å². The van der Waals surface area contributed by atoms with E-state index in [1.807, 2.05) is 84.0 Å². The molecule has 6 aromatic heterocycles. The summed E-state index contributed by atoms with van der Waals surface area (Å²) < 4.78 is 74.7. The van der Waals surface area contributed by atoms with Crippen molar-refractivity contribution in [1.29, 1.82) is 0 Å². The second-order valence-corrected chi connectivity index (χ2v) is 33.0. The van der Waals surface area contributed by atoms with Crippen LogP contribution in [0.25, 0.3) is 66.8 Å². The lowest BCUT2D eigenvalue weighted by molar-refractivity contribution is 0.00578. The van der Waals surface area contributed by atoms with Crippen LogP contribution in [0, 0.1) is 11.6 Å². The Balaban J connectivity index is 0.000000169. The molecule has 16 nitrogen and oxygen atoms in total. The number of carbonyl (C=O) groups is 2. The van der Waals surface area contributed by atoms with Crippen LogP contribution in [0.5, 0.6) is 11.5 Å². The van der Waals surface area contributed by atoms with Crippen molar-refractivity contribution in [3.63, 3.8) is 0 Å². The van der Waals surface area contributed by atoms with E-state index in [-0.39, 0.29) is 62.9 Å². The molecular weight excluding hydrogens is 1370 g/mol. The number of thiophene rings is 2. The van der Waals surface area contributed by atoms with Gasteiger partial charge in [0.15, 0.2) is 0 Å². The van der Waals surface area contributed by atoms with Gasteiger partial charge in [-0.05, 0) is 223 Å². The molecule has 2 unspecified atom stereocenters. The maximum absolute atomic E-state index is 16.6. The lowest BCUT2D eigenvalue weighted by Gasteiger charge is -2.32. The number of hydrogen-bond acceptors (Lipinski definition) is 12. The highest BCUT2D eigenvalue weighted by Gasteiger charge is 2.52. The number of amides is 2. The Hall–Kier alpha value is -7.25. The molecule has 4 aromatic carbocycles. The van der Waals surface area contributed by atoms with Gasteiger partial charge in [0.25, 0.3) is 0 Å². The van der Waals surface area contributed by atoms with Crippen LogP contribution >= 0.6 is 61.3 Å². The molecule has 11 heterocycles. The maximum atomic E-state index is 16.6. The smallest absolute Gasteiger partial charge is 0.464 e. The van der Waals surface area contributed by atoms with Gasteiger partial charge in [-0.3, -0.25) is 18.9 Å². The van der Waals surface area contributed by atoms with Gasteiger partial charge in [0, 0.05) is 49.8 Å². The summed E-state index contributed by atoms with van der Waals surface area (Å²) >= 11 is 9.94. The first kappa shape index (κ1) is 69.8. The van der Waals surface area contributed by atoms with Crippen LogP contribution in [0.3, 0.4) is 0 Å². The van der Waals surface area contributed by atoms with Crippen LogP contribution in [0.2, 0.25) is 5.02 Å². The van der Waals surface area contributed by atoms with Crippen molar-refractivity contribution in [2.24, 2.45) is 0 Å². The van der Waals surface area contributed by atoms with Crippen LogP contribution in [-0.2, 0) is 18.8 Å². The molecule has 10 aromatic rings. The van der Waals surface area contributed by atoms with E-state index >= 15 is 8.78 Å². The first-order chi connectivity index (χ1) is 46.8. The number of nitrogens with zero attached hydrogens (tertiary/aromatic N) is 6. The number of benzene rings is 4.